The highest BCUT2D eigenvalue weighted by Crippen LogP contribution is 2.03. The average molecular weight is 429 g/mol. The van der Waals surface area contributed by atoms with Gasteiger partial charge in [0.05, 0.1) is 0 Å². The van der Waals surface area contributed by atoms with Gasteiger partial charge in [-0.25, -0.2) is 9.59 Å². The van der Waals surface area contributed by atoms with Crippen LogP contribution in [-0.2, 0) is 41.8 Å². The third-order valence-corrected chi connectivity index (χ3v) is 3.36. The van der Waals surface area contributed by atoms with Gasteiger partial charge in [0.1, 0.15) is 20.0 Å². The van der Waals surface area contributed by atoms with E-state index in [1.165, 1.54) is 0 Å². The van der Waals surface area contributed by atoms with E-state index in [9.17, 15) is 9.59 Å². The third-order valence-electron chi connectivity index (χ3n) is 3.36. The molecule has 2 rings (SSSR count). The fourth-order valence-electron chi connectivity index (χ4n) is 1.81. The van der Waals surface area contributed by atoms with Gasteiger partial charge in [-0.15, -0.1) is 0 Å². The van der Waals surface area contributed by atoms with Crippen LogP contribution in [0.25, 0.3) is 0 Å². The van der Waals surface area contributed by atoms with Gasteiger partial charge >= 0.3 is 11.9 Å². The summed E-state index contributed by atoms with van der Waals surface area (Å²) in [7, 11) is 3.17. The molecule has 0 saturated heterocycles. The van der Waals surface area contributed by atoms with Crippen LogP contribution in [-0.4, -0.2) is 33.0 Å². The van der Waals surface area contributed by atoms with Gasteiger partial charge in [-0.3, -0.25) is 0 Å². The van der Waals surface area contributed by atoms with Crippen LogP contribution in [0.4, 0.5) is 0 Å². The number of hydrogen-bond donors (Lipinski definition) is 0. The van der Waals surface area contributed by atoms with Crippen LogP contribution in [0.1, 0.15) is 25.0 Å². The maximum Gasteiger partial charge on any atom is 0.333 e. The van der Waals surface area contributed by atoms with Crippen LogP contribution < -0.4 is 0 Å². The van der Waals surface area contributed by atoms with Crippen LogP contribution in [0.15, 0.2) is 85.0 Å². The lowest BCUT2D eigenvalue weighted by Crippen LogP contribution is -2.04. The van der Waals surface area contributed by atoms with E-state index in [4.69, 9.17) is 9.47 Å². The van der Waals surface area contributed by atoms with Crippen molar-refractivity contribution in [1.82, 2.24) is 0 Å². The fourth-order valence-corrected chi connectivity index (χ4v) is 1.81. The lowest BCUT2D eigenvalue weighted by molar-refractivity contribution is -0.141. The second kappa shape index (κ2) is 17.6. The predicted octanol–water partition coefficient (Wildman–Crippen LogP) is 4.85. The first kappa shape index (κ1) is 27.8. The maximum absolute atomic E-state index is 11.0. The molecule has 0 atom stereocenters. The zero-order chi connectivity index (χ0) is 23.5. The molecule has 31 heavy (non-hydrogen) atoms. The number of hydrogen-bond acceptors (Lipinski definition) is 6. The largest absolute Gasteiger partial charge is 0.457 e. The summed E-state index contributed by atoms with van der Waals surface area (Å²) < 4.78 is 18.8. The first-order chi connectivity index (χ1) is 14.8. The first-order valence-corrected chi connectivity index (χ1v) is 9.52. The molecule has 0 amide bonds. The summed E-state index contributed by atoms with van der Waals surface area (Å²) in [6, 6.07) is 19.1. The van der Waals surface area contributed by atoms with Gasteiger partial charge in [-0.2, -0.15) is 0 Å². The predicted molar refractivity (Wildman–Crippen MR) is 121 cm³/mol. The Bertz CT molecular complexity index is 717. The van der Waals surface area contributed by atoms with Crippen molar-refractivity contribution in [3.8, 4) is 0 Å². The number of rotatable bonds is 8. The standard InChI is InChI=1S/2C11H12O2.C3H8O2/c2*1-9(2)11(12)13-8-10-6-4-3-5-7-10;1-4-3-5-2/h2*3-7H,1,8H2,2H3;3H2,1-2H3. The van der Waals surface area contributed by atoms with Gasteiger partial charge in [0.25, 0.3) is 0 Å². The molecule has 0 saturated carbocycles. The Hall–Kier alpha value is -3.22. The molecular formula is C25H32O6. The minimum Gasteiger partial charge on any atom is -0.457 e. The van der Waals surface area contributed by atoms with Crippen LogP contribution >= 0.6 is 0 Å². The smallest absolute Gasteiger partial charge is 0.333 e. The Balaban J connectivity index is 0.000000479. The van der Waals surface area contributed by atoms with E-state index in [-0.39, 0.29) is 11.9 Å². The molecule has 0 aliphatic carbocycles. The molecule has 0 aromatic heterocycles. The van der Waals surface area contributed by atoms with Crippen molar-refractivity contribution in [2.75, 3.05) is 21.0 Å². The molecule has 0 aliphatic rings. The summed E-state index contributed by atoms with van der Waals surface area (Å²) in [5.41, 5.74) is 2.82. The molecule has 2 aromatic carbocycles. The van der Waals surface area contributed by atoms with Crippen LogP contribution in [0.5, 0.6) is 0 Å². The molecule has 6 heteroatoms. The van der Waals surface area contributed by atoms with Crippen molar-refractivity contribution in [2.45, 2.75) is 27.1 Å². The van der Waals surface area contributed by atoms with E-state index in [0.717, 1.165) is 11.1 Å². The second-order valence-electron chi connectivity index (χ2n) is 6.38. The summed E-state index contributed by atoms with van der Waals surface area (Å²) in [5.74, 6) is -0.687. The number of benzene rings is 2. The molecule has 0 spiro atoms. The Kier molecular flexibility index (Phi) is 15.8. The van der Waals surface area contributed by atoms with Gasteiger partial charge < -0.3 is 18.9 Å². The summed E-state index contributed by atoms with van der Waals surface area (Å²) in [5, 5.41) is 0. The van der Waals surface area contributed by atoms with Gasteiger partial charge in [0.15, 0.2) is 0 Å². The Morgan fingerprint density at radius 1 is 0.677 bits per heavy atom. The van der Waals surface area contributed by atoms with Gasteiger partial charge in [-0.05, 0) is 25.0 Å². The molecule has 2 aromatic rings. The Labute approximate surface area is 185 Å². The summed E-state index contributed by atoms with van der Waals surface area (Å²) in [6.07, 6.45) is 0. The fraction of sp³-hybridized carbons (Fsp3) is 0.280. The molecule has 168 valence electrons. The molecule has 0 bridgehead atoms. The van der Waals surface area contributed by atoms with Crippen molar-refractivity contribution in [2.24, 2.45) is 0 Å². The van der Waals surface area contributed by atoms with E-state index < -0.39 is 0 Å². The Morgan fingerprint density at radius 3 is 1.23 bits per heavy atom. The number of esters is 2. The van der Waals surface area contributed by atoms with Crippen molar-refractivity contribution in [3.63, 3.8) is 0 Å². The summed E-state index contributed by atoms with van der Waals surface area (Å²) >= 11 is 0. The third kappa shape index (κ3) is 15.3. The molecule has 6 nitrogen and oxygen atoms in total. The van der Waals surface area contributed by atoms with E-state index in [1.807, 2.05) is 60.7 Å². The minimum atomic E-state index is -0.344. The first-order valence-electron chi connectivity index (χ1n) is 9.52. The Morgan fingerprint density at radius 2 is 1.00 bits per heavy atom. The number of carbonyl (C=O) groups excluding carboxylic acids is 2. The molecule has 0 N–H and O–H groups in total. The summed E-state index contributed by atoms with van der Waals surface area (Å²) in [4.78, 5) is 22.0. The van der Waals surface area contributed by atoms with Crippen molar-refractivity contribution < 1.29 is 28.5 Å². The van der Waals surface area contributed by atoms with E-state index in [1.54, 1.807) is 28.1 Å². The minimum absolute atomic E-state index is 0.312. The van der Waals surface area contributed by atoms with Crippen molar-refractivity contribution >= 4 is 11.9 Å². The monoisotopic (exact) mass is 428 g/mol. The number of carbonyl (C=O) groups is 2. The number of methoxy groups -OCH3 is 2. The molecule has 0 heterocycles. The topological polar surface area (TPSA) is 71.1 Å². The van der Waals surface area contributed by atoms with Crippen molar-refractivity contribution in [1.29, 1.82) is 0 Å². The highest BCUT2D eigenvalue weighted by atomic mass is 16.6. The van der Waals surface area contributed by atoms with Gasteiger partial charge in [0, 0.05) is 25.4 Å². The van der Waals surface area contributed by atoms with Gasteiger partial charge in [0.2, 0.25) is 0 Å². The van der Waals surface area contributed by atoms with Crippen LogP contribution in [0, 0.1) is 0 Å². The van der Waals surface area contributed by atoms with Crippen LogP contribution in [0.2, 0.25) is 0 Å². The molecule has 0 fully saturated rings. The van der Waals surface area contributed by atoms with Gasteiger partial charge in [-0.1, -0.05) is 73.8 Å². The molecule has 0 unspecified atom stereocenters. The van der Waals surface area contributed by atoms with E-state index in [0.29, 0.717) is 31.2 Å². The van der Waals surface area contributed by atoms with E-state index >= 15 is 0 Å². The normalized spacial score (nSPS) is 9.16. The second-order valence-corrected chi connectivity index (χ2v) is 6.38. The lowest BCUT2D eigenvalue weighted by atomic mass is 10.2. The maximum atomic E-state index is 11.0. The molecule has 0 aliphatic heterocycles. The summed E-state index contributed by atoms with van der Waals surface area (Å²) in [6.45, 7) is 11.3. The SMILES string of the molecule is C=C(C)C(=O)OCc1ccccc1.C=C(C)C(=O)OCc1ccccc1.COCOC. The highest BCUT2D eigenvalue weighted by molar-refractivity contribution is 5.87. The highest BCUT2D eigenvalue weighted by Gasteiger charge is 2.03. The lowest BCUT2D eigenvalue weighted by Gasteiger charge is -2.03. The van der Waals surface area contributed by atoms with Crippen molar-refractivity contribution in [3.05, 3.63) is 96.1 Å². The molecule has 0 radical (unpaired) electrons. The number of ether oxygens (including phenoxy) is 4. The quantitative estimate of drug-likeness (QED) is 0.340. The zero-order valence-electron chi connectivity index (χ0n) is 18.8. The van der Waals surface area contributed by atoms with E-state index in [2.05, 4.69) is 22.6 Å². The molecular weight excluding hydrogens is 396 g/mol. The van der Waals surface area contributed by atoms with Crippen LogP contribution in [0.3, 0.4) is 0 Å². The average Bonchev–Trinajstić information content (AvgIpc) is 2.78. The zero-order valence-corrected chi connectivity index (χ0v) is 18.8.